The molecule has 0 aliphatic heterocycles. The first-order valence-corrected chi connectivity index (χ1v) is 3.84. The van der Waals surface area contributed by atoms with E-state index in [0.29, 0.717) is 5.56 Å². The van der Waals surface area contributed by atoms with E-state index in [2.05, 4.69) is 5.32 Å². The standard InChI is InChI=1S/C9H10FNO2/c1-6(12)11-9(13)7-2-4-8(10)5-3-7/h2-6,12H,1H3,(H,11,13). The highest BCUT2D eigenvalue weighted by Crippen LogP contribution is 2.02. The topological polar surface area (TPSA) is 49.3 Å². The Morgan fingerprint density at radius 2 is 2.00 bits per heavy atom. The van der Waals surface area contributed by atoms with E-state index in [9.17, 15) is 9.18 Å². The molecular weight excluding hydrogens is 173 g/mol. The van der Waals surface area contributed by atoms with Gasteiger partial charge >= 0.3 is 0 Å². The van der Waals surface area contributed by atoms with E-state index in [1.165, 1.54) is 31.2 Å². The van der Waals surface area contributed by atoms with E-state index in [1.54, 1.807) is 0 Å². The van der Waals surface area contributed by atoms with Crippen molar-refractivity contribution in [3.8, 4) is 0 Å². The molecule has 1 atom stereocenters. The number of benzene rings is 1. The van der Waals surface area contributed by atoms with Crippen LogP contribution < -0.4 is 5.32 Å². The molecule has 1 rings (SSSR count). The molecule has 1 unspecified atom stereocenters. The van der Waals surface area contributed by atoms with Crippen molar-refractivity contribution in [3.63, 3.8) is 0 Å². The van der Waals surface area contributed by atoms with E-state index < -0.39 is 18.0 Å². The average Bonchev–Trinajstić information content (AvgIpc) is 2.04. The van der Waals surface area contributed by atoms with Crippen LogP contribution in [0.1, 0.15) is 17.3 Å². The van der Waals surface area contributed by atoms with Crippen molar-refractivity contribution in [2.75, 3.05) is 0 Å². The summed E-state index contributed by atoms with van der Waals surface area (Å²) in [6, 6.07) is 5.09. The number of halogens is 1. The Bertz CT molecular complexity index is 295. The summed E-state index contributed by atoms with van der Waals surface area (Å²) in [4.78, 5) is 11.2. The molecule has 0 fully saturated rings. The average molecular weight is 183 g/mol. The Morgan fingerprint density at radius 1 is 1.46 bits per heavy atom. The third-order valence-corrected chi connectivity index (χ3v) is 1.45. The second-order valence-corrected chi connectivity index (χ2v) is 2.66. The molecule has 0 spiro atoms. The fourth-order valence-corrected chi connectivity index (χ4v) is 0.874. The van der Waals surface area contributed by atoms with Crippen molar-refractivity contribution in [2.45, 2.75) is 13.2 Å². The molecule has 0 heterocycles. The normalized spacial score (nSPS) is 12.2. The van der Waals surface area contributed by atoms with Gasteiger partial charge in [0.25, 0.3) is 5.91 Å². The number of aliphatic hydroxyl groups is 1. The molecule has 0 saturated heterocycles. The Labute approximate surface area is 75.2 Å². The third-order valence-electron chi connectivity index (χ3n) is 1.45. The Kier molecular flexibility index (Phi) is 2.97. The summed E-state index contributed by atoms with van der Waals surface area (Å²) in [6.07, 6.45) is -0.905. The van der Waals surface area contributed by atoms with E-state index in [-0.39, 0.29) is 0 Å². The van der Waals surface area contributed by atoms with Crippen LogP contribution in [0.5, 0.6) is 0 Å². The highest BCUT2D eigenvalue weighted by atomic mass is 19.1. The van der Waals surface area contributed by atoms with Crippen LogP contribution in [0.15, 0.2) is 24.3 Å². The number of amides is 1. The molecule has 1 aromatic rings. The van der Waals surface area contributed by atoms with Crippen LogP contribution in [0.2, 0.25) is 0 Å². The van der Waals surface area contributed by atoms with Gasteiger partial charge in [0.1, 0.15) is 12.0 Å². The predicted octanol–water partition coefficient (Wildman–Crippen LogP) is 0.894. The van der Waals surface area contributed by atoms with Gasteiger partial charge in [-0.15, -0.1) is 0 Å². The number of hydrogen-bond acceptors (Lipinski definition) is 2. The molecule has 1 amide bonds. The Hall–Kier alpha value is -1.42. The fraction of sp³-hybridized carbons (Fsp3) is 0.222. The summed E-state index contributed by atoms with van der Waals surface area (Å²) in [5.74, 6) is -0.816. The quantitative estimate of drug-likeness (QED) is 0.669. The zero-order valence-electron chi connectivity index (χ0n) is 7.12. The second kappa shape index (κ2) is 4.00. The maximum atomic E-state index is 12.4. The van der Waals surface area contributed by atoms with Crippen LogP contribution in [0.3, 0.4) is 0 Å². The van der Waals surface area contributed by atoms with Gasteiger partial charge in [0.2, 0.25) is 0 Å². The SMILES string of the molecule is CC(O)NC(=O)c1ccc(F)cc1. The molecule has 1 aromatic carbocycles. The first-order valence-electron chi connectivity index (χ1n) is 3.84. The molecule has 13 heavy (non-hydrogen) atoms. The van der Waals surface area contributed by atoms with Crippen molar-refractivity contribution in [1.82, 2.24) is 5.32 Å². The number of hydrogen-bond donors (Lipinski definition) is 2. The van der Waals surface area contributed by atoms with Crippen LogP contribution in [-0.2, 0) is 0 Å². The minimum atomic E-state index is -0.905. The maximum Gasteiger partial charge on any atom is 0.253 e. The van der Waals surface area contributed by atoms with Gasteiger partial charge in [-0.3, -0.25) is 4.79 Å². The largest absolute Gasteiger partial charge is 0.374 e. The van der Waals surface area contributed by atoms with Gasteiger partial charge in [0.15, 0.2) is 0 Å². The minimum absolute atomic E-state index is 0.322. The first-order chi connectivity index (χ1) is 6.09. The highest BCUT2D eigenvalue weighted by Gasteiger charge is 2.06. The maximum absolute atomic E-state index is 12.4. The monoisotopic (exact) mass is 183 g/mol. The molecule has 0 aliphatic rings. The molecule has 2 N–H and O–H groups in total. The van der Waals surface area contributed by atoms with Crippen LogP contribution >= 0.6 is 0 Å². The molecule has 0 saturated carbocycles. The zero-order chi connectivity index (χ0) is 9.84. The molecule has 70 valence electrons. The molecule has 0 aromatic heterocycles. The summed E-state index contributed by atoms with van der Waals surface area (Å²) in [6.45, 7) is 1.43. The highest BCUT2D eigenvalue weighted by molar-refractivity contribution is 5.94. The molecular formula is C9H10FNO2. The van der Waals surface area contributed by atoms with E-state index in [1.807, 2.05) is 0 Å². The lowest BCUT2D eigenvalue weighted by atomic mass is 10.2. The van der Waals surface area contributed by atoms with E-state index in [4.69, 9.17) is 5.11 Å². The number of aliphatic hydroxyl groups excluding tert-OH is 1. The lowest BCUT2D eigenvalue weighted by molar-refractivity contribution is 0.0819. The van der Waals surface area contributed by atoms with Crippen molar-refractivity contribution in [1.29, 1.82) is 0 Å². The number of carbonyl (C=O) groups is 1. The number of carbonyl (C=O) groups excluding carboxylic acids is 1. The summed E-state index contributed by atoms with van der Waals surface area (Å²) < 4.78 is 12.4. The van der Waals surface area contributed by atoms with Crippen LogP contribution in [0, 0.1) is 5.82 Å². The summed E-state index contributed by atoms with van der Waals surface area (Å²) in [7, 11) is 0. The zero-order valence-corrected chi connectivity index (χ0v) is 7.12. The van der Waals surface area contributed by atoms with Crippen LogP contribution in [-0.4, -0.2) is 17.2 Å². The van der Waals surface area contributed by atoms with Gasteiger partial charge in [0, 0.05) is 5.56 Å². The molecule has 3 nitrogen and oxygen atoms in total. The van der Waals surface area contributed by atoms with Crippen molar-refractivity contribution in [3.05, 3.63) is 35.6 Å². The van der Waals surface area contributed by atoms with Crippen molar-refractivity contribution < 1.29 is 14.3 Å². The summed E-state index contributed by atoms with van der Waals surface area (Å²) in [5.41, 5.74) is 0.322. The van der Waals surface area contributed by atoms with E-state index >= 15 is 0 Å². The molecule has 0 aliphatic carbocycles. The summed E-state index contributed by atoms with van der Waals surface area (Å²) >= 11 is 0. The lowest BCUT2D eigenvalue weighted by Crippen LogP contribution is -2.31. The van der Waals surface area contributed by atoms with E-state index in [0.717, 1.165) is 0 Å². The lowest BCUT2D eigenvalue weighted by Gasteiger charge is -2.06. The summed E-state index contributed by atoms with van der Waals surface area (Å²) in [5, 5.41) is 11.1. The van der Waals surface area contributed by atoms with Gasteiger partial charge in [-0.25, -0.2) is 4.39 Å². The van der Waals surface area contributed by atoms with Gasteiger partial charge in [-0.1, -0.05) is 0 Å². The second-order valence-electron chi connectivity index (χ2n) is 2.66. The van der Waals surface area contributed by atoms with Gasteiger partial charge in [-0.2, -0.15) is 0 Å². The van der Waals surface area contributed by atoms with Gasteiger partial charge < -0.3 is 10.4 Å². The predicted molar refractivity (Wildman–Crippen MR) is 45.5 cm³/mol. The van der Waals surface area contributed by atoms with Crippen LogP contribution in [0.4, 0.5) is 4.39 Å². The van der Waals surface area contributed by atoms with Crippen molar-refractivity contribution >= 4 is 5.91 Å². The number of rotatable bonds is 2. The molecule has 0 radical (unpaired) electrons. The minimum Gasteiger partial charge on any atom is -0.374 e. The fourth-order valence-electron chi connectivity index (χ4n) is 0.874. The molecule has 0 bridgehead atoms. The van der Waals surface area contributed by atoms with Crippen molar-refractivity contribution in [2.24, 2.45) is 0 Å². The Morgan fingerprint density at radius 3 is 2.46 bits per heavy atom. The third kappa shape index (κ3) is 2.83. The van der Waals surface area contributed by atoms with Crippen LogP contribution in [0.25, 0.3) is 0 Å². The smallest absolute Gasteiger partial charge is 0.253 e. The van der Waals surface area contributed by atoms with Gasteiger partial charge in [-0.05, 0) is 31.2 Å². The Balaban J connectivity index is 2.72. The molecule has 4 heteroatoms. The number of nitrogens with one attached hydrogen (secondary N) is 1. The first kappa shape index (κ1) is 9.67. The van der Waals surface area contributed by atoms with Gasteiger partial charge in [0.05, 0.1) is 0 Å².